The van der Waals surface area contributed by atoms with E-state index in [9.17, 15) is 0 Å². The Labute approximate surface area is 120 Å². The standard InChI is InChI=1S/C17H21NO2/c1-3-18-13-14-9-11-15(12-10-14)20-17-8-6-5-7-16(17)19-4-2/h5-12,18H,3-4,13H2,1-2H3. The highest BCUT2D eigenvalue weighted by atomic mass is 16.5. The van der Waals surface area contributed by atoms with Crippen molar-refractivity contribution in [2.75, 3.05) is 13.2 Å². The molecule has 0 saturated heterocycles. The van der Waals surface area contributed by atoms with E-state index in [0.29, 0.717) is 6.61 Å². The number of hydrogen-bond acceptors (Lipinski definition) is 3. The summed E-state index contributed by atoms with van der Waals surface area (Å²) in [7, 11) is 0. The number of nitrogens with one attached hydrogen (secondary N) is 1. The fraction of sp³-hybridized carbons (Fsp3) is 0.294. The van der Waals surface area contributed by atoms with Gasteiger partial charge in [-0.15, -0.1) is 0 Å². The largest absolute Gasteiger partial charge is 0.490 e. The van der Waals surface area contributed by atoms with Crippen molar-refractivity contribution in [2.45, 2.75) is 20.4 Å². The summed E-state index contributed by atoms with van der Waals surface area (Å²) in [5, 5.41) is 3.30. The SMILES string of the molecule is CCNCc1ccc(Oc2ccccc2OCC)cc1. The van der Waals surface area contributed by atoms with Crippen molar-refractivity contribution in [3.63, 3.8) is 0 Å². The highest BCUT2D eigenvalue weighted by Crippen LogP contribution is 2.31. The molecule has 0 spiro atoms. The van der Waals surface area contributed by atoms with Gasteiger partial charge in [-0.05, 0) is 43.3 Å². The normalized spacial score (nSPS) is 10.3. The Kier molecular flexibility index (Phi) is 5.44. The van der Waals surface area contributed by atoms with Crippen LogP contribution in [0.3, 0.4) is 0 Å². The van der Waals surface area contributed by atoms with E-state index in [4.69, 9.17) is 9.47 Å². The van der Waals surface area contributed by atoms with Crippen molar-refractivity contribution in [2.24, 2.45) is 0 Å². The zero-order valence-corrected chi connectivity index (χ0v) is 12.1. The average molecular weight is 271 g/mol. The lowest BCUT2D eigenvalue weighted by atomic mass is 10.2. The van der Waals surface area contributed by atoms with E-state index < -0.39 is 0 Å². The first-order valence-corrected chi connectivity index (χ1v) is 7.02. The van der Waals surface area contributed by atoms with Crippen LogP contribution in [-0.2, 0) is 6.54 Å². The van der Waals surface area contributed by atoms with E-state index in [1.165, 1.54) is 5.56 Å². The molecule has 3 heteroatoms. The number of rotatable bonds is 7. The second-order valence-electron chi connectivity index (χ2n) is 4.41. The van der Waals surface area contributed by atoms with Gasteiger partial charge in [0.15, 0.2) is 11.5 Å². The molecular weight excluding hydrogens is 250 g/mol. The molecule has 0 aliphatic heterocycles. The van der Waals surface area contributed by atoms with Crippen LogP contribution in [0.25, 0.3) is 0 Å². The van der Waals surface area contributed by atoms with E-state index in [0.717, 1.165) is 30.3 Å². The van der Waals surface area contributed by atoms with Gasteiger partial charge < -0.3 is 14.8 Å². The molecule has 2 rings (SSSR count). The summed E-state index contributed by atoms with van der Waals surface area (Å²) in [6.07, 6.45) is 0. The molecule has 0 unspecified atom stereocenters. The average Bonchev–Trinajstić information content (AvgIpc) is 2.49. The second kappa shape index (κ2) is 7.56. The van der Waals surface area contributed by atoms with Gasteiger partial charge in [-0.25, -0.2) is 0 Å². The zero-order valence-electron chi connectivity index (χ0n) is 12.1. The van der Waals surface area contributed by atoms with Crippen LogP contribution < -0.4 is 14.8 Å². The van der Waals surface area contributed by atoms with Gasteiger partial charge in [0.05, 0.1) is 6.61 Å². The van der Waals surface area contributed by atoms with Crippen molar-refractivity contribution in [3.8, 4) is 17.2 Å². The quantitative estimate of drug-likeness (QED) is 0.826. The fourth-order valence-corrected chi connectivity index (χ4v) is 1.88. The molecule has 106 valence electrons. The Morgan fingerprint density at radius 2 is 1.60 bits per heavy atom. The van der Waals surface area contributed by atoms with Crippen LogP contribution in [0.15, 0.2) is 48.5 Å². The monoisotopic (exact) mass is 271 g/mol. The van der Waals surface area contributed by atoms with Crippen LogP contribution in [0.5, 0.6) is 17.2 Å². The summed E-state index contributed by atoms with van der Waals surface area (Å²) in [5.74, 6) is 2.33. The number of para-hydroxylation sites is 2. The smallest absolute Gasteiger partial charge is 0.169 e. The summed E-state index contributed by atoms with van der Waals surface area (Å²) < 4.78 is 11.4. The first kappa shape index (κ1) is 14.4. The molecule has 0 radical (unpaired) electrons. The molecule has 0 aromatic heterocycles. The third-order valence-corrected chi connectivity index (χ3v) is 2.88. The molecule has 2 aromatic carbocycles. The van der Waals surface area contributed by atoms with Crippen molar-refractivity contribution in [3.05, 3.63) is 54.1 Å². The maximum Gasteiger partial charge on any atom is 0.169 e. The van der Waals surface area contributed by atoms with Gasteiger partial charge in [-0.1, -0.05) is 31.2 Å². The minimum Gasteiger partial charge on any atom is -0.490 e. The fourth-order valence-electron chi connectivity index (χ4n) is 1.88. The van der Waals surface area contributed by atoms with Crippen LogP contribution in [-0.4, -0.2) is 13.2 Å². The Balaban J connectivity index is 2.06. The molecule has 0 bridgehead atoms. The maximum absolute atomic E-state index is 5.88. The molecule has 0 amide bonds. The summed E-state index contributed by atoms with van der Waals surface area (Å²) in [6.45, 7) is 6.54. The first-order valence-electron chi connectivity index (χ1n) is 7.02. The number of ether oxygens (including phenoxy) is 2. The molecule has 0 aliphatic carbocycles. The molecule has 0 heterocycles. The van der Waals surface area contributed by atoms with Gasteiger partial charge in [0.1, 0.15) is 5.75 Å². The van der Waals surface area contributed by atoms with Crippen molar-refractivity contribution < 1.29 is 9.47 Å². The number of hydrogen-bond donors (Lipinski definition) is 1. The molecule has 1 N–H and O–H groups in total. The Bertz CT molecular complexity index is 523. The lowest BCUT2D eigenvalue weighted by Crippen LogP contribution is -2.11. The number of benzene rings is 2. The summed E-state index contributed by atoms with van der Waals surface area (Å²) in [4.78, 5) is 0. The Hall–Kier alpha value is -2.00. The molecule has 0 aliphatic rings. The van der Waals surface area contributed by atoms with Gasteiger partial charge >= 0.3 is 0 Å². The minimum absolute atomic E-state index is 0.627. The van der Waals surface area contributed by atoms with Crippen LogP contribution >= 0.6 is 0 Å². The second-order valence-corrected chi connectivity index (χ2v) is 4.41. The highest BCUT2D eigenvalue weighted by molar-refractivity contribution is 5.43. The van der Waals surface area contributed by atoms with Crippen LogP contribution in [0.1, 0.15) is 19.4 Å². The topological polar surface area (TPSA) is 30.5 Å². The van der Waals surface area contributed by atoms with Gasteiger partial charge in [0, 0.05) is 6.54 Å². The molecule has 0 saturated carbocycles. The van der Waals surface area contributed by atoms with Crippen LogP contribution in [0, 0.1) is 0 Å². The van der Waals surface area contributed by atoms with Crippen LogP contribution in [0.2, 0.25) is 0 Å². The third-order valence-electron chi connectivity index (χ3n) is 2.88. The summed E-state index contributed by atoms with van der Waals surface area (Å²) in [5.41, 5.74) is 1.25. The molecule has 0 fully saturated rings. The first-order chi connectivity index (χ1) is 9.83. The van der Waals surface area contributed by atoms with E-state index in [-0.39, 0.29) is 0 Å². The van der Waals surface area contributed by atoms with Crippen LogP contribution in [0.4, 0.5) is 0 Å². The van der Waals surface area contributed by atoms with E-state index >= 15 is 0 Å². The van der Waals surface area contributed by atoms with Gasteiger partial charge in [-0.2, -0.15) is 0 Å². The molecule has 0 atom stereocenters. The van der Waals surface area contributed by atoms with Gasteiger partial charge in [0.2, 0.25) is 0 Å². The Morgan fingerprint density at radius 3 is 2.25 bits per heavy atom. The lowest BCUT2D eigenvalue weighted by Gasteiger charge is -2.11. The molecule has 2 aromatic rings. The van der Waals surface area contributed by atoms with Gasteiger partial charge in [-0.3, -0.25) is 0 Å². The van der Waals surface area contributed by atoms with E-state index in [1.807, 2.05) is 43.3 Å². The van der Waals surface area contributed by atoms with Crippen molar-refractivity contribution in [1.29, 1.82) is 0 Å². The lowest BCUT2D eigenvalue weighted by molar-refractivity contribution is 0.321. The Morgan fingerprint density at radius 1 is 0.900 bits per heavy atom. The van der Waals surface area contributed by atoms with Gasteiger partial charge in [0.25, 0.3) is 0 Å². The molecular formula is C17H21NO2. The predicted octanol–water partition coefficient (Wildman–Crippen LogP) is 3.99. The zero-order chi connectivity index (χ0) is 14.2. The summed E-state index contributed by atoms with van der Waals surface area (Å²) >= 11 is 0. The predicted molar refractivity (Wildman–Crippen MR) is 81.5 cm³/mol. The molecule has 20 heavy (non-hydrogen) atoms. The minimum atomic E-state index is 0.627. The highest BCUT2D eigenvalue weighted by Gasteiger charge is 2.04. The van der Waals surface area contributed by atoms with Crippen molar-refractivity contribution in [1.82, 2.24) is 5.32 Å². The van der Waals surface area contributed by atoms with E-state index in [1.54, 1.807) is 0 Å². The van der Waals surface area contributed by atoms with Crippen molar-refractivity contribution >= 4 is 0 Å². The molecule has 3 nitrogen and oxygen atoms in total. The summed E-state index contributed by atoms with van der Waals surface area (Å²) in [6, 6.07) is 15.8. The van der Waals surface area contributed by atoms with E-state index in [2.05, 4.69) is 24.4 Å². The third kappa shape index (κ3) is 4.00. The maximum atomic E-state index is 5.88.